The van der Waals surface area contributed by atoms with Gasteiger partial charge in [0.1, 0.15) is 0 Å². The topological polar surface area (TPSA) is 40.6 Å². The normalized spacial score (nSPS) is 23.7. The average molecular weight is 367 g/mol. The van der Waals surface area contributed by atoms with Crippen LogP contribution >= 0.6 is 0 Å². The number of aromatic nitrogens is 1. The van der Waals surface area contributed by atoms with Crippen molar-refractivity contribution in [1.82, 2.24) is 15.2 Å². The monoisotopic (exact) mass is 366 g/mol. The van der Waals surface area contributed by atoms with Crippen molar-refractivity contribution in [2.45, 2.75) is 19.0 Å². The van der Waals surface area contributed by atoms with Crippen molar-refractivity contribution in [2.75, 3.05) is 51.3 Å². The second-order valence-corrected chi connectivity index (χ2v) is 7.62. The molecule has 2 saturated heterocycles. The van der Waals surface area contributed by atoms with Gasteiger partial charge in [0.15, 0.2) is 0 Å². The Balaban J connectivity index is 1.38. The molecule has 2 aromatic rings. The van der Waals surface area contributed by atoms with Crippen molar-refractivity contribution in [1.29, 1.82) is 0 Å². The van der Waals surface area contributed by atoms with Gasteiger partial charge in [0.25, 0.3) is 0 Å². The number of para-hydroxylation sites is 1. The van der Waals surface area contributed by atoms with Gasteiger partial charge in [-0.1, -0.05) is 24.3 Å². The summed E-state index contributed by atoms with van der Waals surface area (Å²) >= 11 is 0. The molecule has 5 nitrogen and oxygen atoms in total. The van der Waals surface area contributed by atoms with Gasteiger partial charge in [0.2, 0.25) is 0 Å². The molecule has 2 fully saturated rings. The summed E-state index contributed by atoms with van der Waals surface area (Å²) in [4.78, 5) is 9.24. The third kappa shape index (κ3) is 4.32. The number of benzene rings is 1. The Morgan fingerprint density at radius 2 is 1.96 bits per heavy atom. The van der Waals surface area contributed by atoms with Crippen molar-refractivity contribution in [3.8, 4) is 0 Å². The molecule has 3 heterocycles. The number of anilines is 1. The quantitative estimate of drug-likeness (QED) is 0.851. The van der Waals surface area contributed by atoms with Crippen LogP contribution in [0.25, 0.3) is 0 Å². The van der Waals surface area contributed by atoms with Gasteiger partial charge in [0, 0.05) is 50.3 Å². The van der Waals surface area contributed by atoms with E-state index >= 15 is 0 Å². The molecule has 0 radical (unpaired) electrons. The summed E-state index contributed by atoms with van der Waals surface area (Å²) in [5.41, 5.74) is 4.06. The van der Waals surface area contributed by atoms with Crippen molar-refractivity contribution in [3.63, 3.8) is 0 Å². The largest absolute Gasteiger partial charge is 0.378 e. The molecule has 1 aromatic carbocycles. The van der Waals surface area contributed by atoms with Gasteiger partial charge in [-0.3, -0.25) is 9.88 Å². The Labute approximate surface area is 162 Å². The van der Waals surface area contributed by atoms with Crippen LogP contribution in [0.2, 0.25) is 0 Å². The van der Waals surface area contributed by atoms with Gasteiger partial charge in [-0.2, -0.15) is 0 Å². The van der Waals surface area contributed by atoms with Crippen LogP contribution in [0.15, 0.2) is 48.8 Å². The van der Waals surface area contributed by atoms with E-state index in [4.69, 9.17) is 4.74 Å². The summed E-state index contributed by atoms with van der Waals surface area (Å²) in [6, 6.07) is 13.5. The molecule has 0 unspecified atom stereocenters. The lowest BCUT2D eigenvalue weighted by Crippen LogP contribution is -2.37. The summed E-state index contributed by atoms with van der Waals surface area (Å²) in [7, 11) is 2.23. The molecule has 5 heteroatoms. The molecule has 1 N–H and O–H groups in total. The molecule has 0 saturated carbocycles. The Kier molecular flexibility index (Phi) is 6.02. The van der Waals surface area contributed by atoms with E-state index in [0.29, 0.717) is 12.0 Å². The zero-order valence-corrected chi connectivity index (χ0v) is 16.2. The highest BCUT2D eigenvalue weighted by Gasteiger charge is 2.32. The molecular formula is C22H30N4O. The lowest BCUT2D eigenvalue weighted by Gasteiger charge is -2.31. The van der Waals surface area contributed by atoms with Crippen molar-refractivity contribution >= 4 is 5.69 Å². The molecule has 4 rings (SSSR count). The summed E-state index contributed by atoms with van der Waals surface area (Å²) in [6.45, 7) is 6.69. The van der Waals surface area contributed by atoms with Crippen LogP contribution < -0.4 is 10.2 Å². The van der Waals surface area contributed by atoms with Crippen LogP contribution in [0.3, 0.4) is 0 Å². The molecule has 0 spiro atoms. The third-order valence-corrected chi connectivity index (χ3v) is 5.87. The third-order valence-electron chi connectivity index (χ3n) is 5.87. The van der Waals surface area contributed by atoms with Gasteiger partial charge in [0.05, 0.1) is 13.2 Å². The Morgan fingerprint density at radius 1 is 1.11 bits per heavy atom. The van der Waals surface area contributed by atoms with E-state index in [2.05, 4.69) is 57.5 Å². The van der Waals surface area contributed by atoms with Crippen LogP contribution in [0.5, 0.6) is 0 Å². The van der Waals surface area contributed by atoms with E-state index < -0.39 is 0 Å². The molecule has 0 bridgehead atoms. The van der Waals surface area contributed by atoms with Gasteiger partial charge in [-0.05, 0) is 49.2 Å². The molecule has 144 valence electrons. The molecule has 0 amide bonds. The van der Waals surface area contributed by atoms with E-state index in [-0.39, 0.29) is 0 Å². The minimum Gasteiger partial charge on any atom is -0.378 e. The number of rotatable bonds is 6. The number of pyridine rings is 1. The standard InChI is InChI=1S/C22H30N4O/c1-25-10-8-20(22(25)19-6-4-9-23-16-19)17-24-15-18-5-2-3-7-21(18)26-11-13-27-14-12-26/h2-7,9,16,20,22,24H,8,10-15,17H2,1H3/t20-,22-/m0/s1. The minimum absolute atomic E-state index is 0.459. The fourth-order valence-corrected chi connectivity index (χ4v) is 4.48. The maximum atomic E-state index is 5.51. The van der Waals surface area contributed by atoms with E-state index in [0.717, 1.165) is 45.9 Å². The van der Waals surface area contributed by atoms with E-state index in [1.54, 1.807) is 0 Å². The first-order chi connectivity index (χ1) is 13.3. The van der Waals surface area contributed by atoms with Crippen molar-refractivity contribution < 1.29 is 4.74 Å². The Hall–Kier alpha value is -1.95. The predicted octanol–water partition coefficient (Wildman–Crippen LogP) is 2.70. The average Bonchev–Trinajstić information content (AvgIpc) is 3.10. The number of hydrogen-bond donors (Lipinski definition) is 1. The lowest BCUT2D eigenvalue weighted by atomic mass is 9.94. The number of morpholine rings is 1. The second-order valence-electron chi connectivity index (χ2n) is 7.62. The summed E-state index contributed by atoms with van der Waals surface area (Å²) in [5, 5.41) is 3.74. The highest BCUT2D eigenvalue weighted by molar-refractivity contribution is 5.53. The molecule has 2 aliphatic heterocycles. The maximum absolute atomic E-state index is 5.51. The molecular weight excluding hydrogens is 336 g/mol. The first-order valence-electron chi connectivity index (χ1n) is 10.0. The lowest BCUT2D eigenvalue weighted by molar-refractivity contribution is 0.122. The number of hydrogen-bond acceptors (Lipinski definition) is 5. The Morgan fingerprint density at radius 3 is 2.78 bits per heavy atom. The van der Waals surface area contributed by atoms with Crippen molar-refractivity contribution in [3.05, 3.63) is 59.9 Å². The molecule has 1 aromatic heterocycles. The summed E-state index contributed by atoms with van der Waals surface area (Å²) < 4.78 is 5.51. The van der Waals surface area contributed by atoms with Crippen LogP contribution in [0, 0.1) is 5.92 Å². The zero-order chi connectivity index (χ0) is 18.5. The van der Waals surface area contributed by atoms with E-state index in [1.165, 1.54) is 23.2 Å². The minimum atomic E-state index is 0.459. The second kappa shape index (κ2) is 8.83. The molecule has 27 heavy (non-hydrogen) atoms. The summed E-state index contributed by atoms with van der Waals surface area (Å²) in [5.74, 6) is 0.620. The smallest absolute Gasteiger partial charge is 0.0642 e. The first-order valence-corrected chi connectivity index (χ1v) is 10.0. The van der Waals surface area contributed by atoms with Crippen LogP contribution in [-0.4, -0.2) is 56.3 Å². The Bertz CT molecular complexity index is 717. The van der Waals surface area contributed by atoms with Gasteiger partial charge < -0.3 is 15.0 Å². The van der Waals surface area contributed by atoms with E-state index in [9.17, 15) is 0 Å². The number of nitrogens with zero attached hydrogens (tertiary/aromatic N) is 3. The zero-order valence-electron chi connectivity index (χ0n) is 16.2. The first kappa shape index (κ1) is 18.4. The van der Waals surface area contributed by atoms with Crippen LogP contribution in [0.1, 0.15) is 23.6 Å². The van der Waals surface area contributed by atoms with Crippen LogP contribution in [-0.2, 0) is 11.3 Å². The maximum Gasteiger partial charge on any atom is 0.0642 e. The van der Waals surface area contributed by atoms with Gasteiger partial charge in [-0.25, -0.2) is 0 Å². The molecule has 2 aliphatic rings. The number of nitrogens with one attached hydrogen (secondary N) is 1. The summed E-state index contributed by atoms with van der Waals surface area (Å²) in [6.07, 6.45) is 5.11. The highest BCUT2D eigenvalue weighted by Crippen LogP contribution is 2.35. The van der Waals surface area contributed by atoms with Gasteiger partial charge >= 0.3 is 0 Å². The SMILES string of the molecule is CN1CC[C@@H](CNCc2ccccc2N2CCOCC2)[C@@H]1c1cccnc1. The highest BCUT2D eigenvalue weighted by atomic mass is 16.5. The number of ether oxygens (including phenoxy) is 1. The molecule has 0 aliphatic carbocycles. The molecule has 2 atom stereocenters. The van der Waals surface area contributed by atoms with Gasteiger partial charge in [-0.15, -0.1) is 0 Å². The van der Waals surface area contributed by atoms with Crippen molar-refractivity contribution in [2.24, 2.45) is 5.92 Å². The predicted molar refractivity (Wildman–Crippen MR) is 109 cm³/mol. The fourth-order valence-electron chi connectivity index (χ4n) is 4.48. The van der Waals surface area contributed by atoms with Crippen LogP contribution in [0.4, 0.5) is 5.69 Å². The number of likely N-dealkylation sites (tertiary alicyclic amines) is 1. The van der Waals surface area contributed by atoms with E-state index in [1.807, 2.05) is 18.5 Å². The fraction of sp³-hybridized carbons (Fsp3) is 0.500.